The number of hydrogen-bond donors (Lipinski definition) is 2. The molecule has 0 spiro atoms. The van der Waals surface area contributed by atoms with Crippen LogP contribution in [0.1, 0.15) is 32.6 Å². The van der Waals surface area contributed by atoms with Gasteiger partial charge in [0.1, 0.15) is 0 Å². The molecular formula is C13H27N3O2. The van der Waals surface area contributed by atoms with E-state index in [0.717, 1.165) is 32.7 Å². The van der Waals surface area contributed by atoms with Crippen molar-refractivity contribution in [2.24, 2.45) is 17.4 Å². The number of hydrogen-bond acceptors (Lipinski definition) is 4. The van der Waals surface area contributed by atoms with Crippen molar-refractivity contribution in [2.75, 3.05) is 33.4 Å². The van der Waals surface area contributed by atoms with Gasteiger partial charge in [-0.1, -0.05) is 0 Å². The minimum Gasteiger partial charge on any atom is -0.384 e. The van der Waals surface area contributed by atoms with Gasteiger partial charge in [-0.25, -0.2) is 0 Å². The van der Waals surface area contributed by atoms with Gasteiger partial charge in [0, 0.05) is 13.7 Å². The molecule has 1 heterocycles. The quantitative estimate of drug-likeness (QED) is 0.688. The molecule has 0 saturated carbocycles. The standard InChI is InChI=1S/C13H27N3O2/c1-13(15,12(14)17)6-4-8-16-7-3-5-11(9-16)10-18-2/h11H,3-10,15H2,1-2H3,(H2,14,17). The van der Waals surface area contributed by atoms with Gasteiger partial charge >= 0.3 is 0 Å². The molecule has 1 amide bonds. The molecule has 1 aliphatic heterocycles. The van der Waals surface area contributed by atoms with Crippen molar-refractivity contribution in [3.8, 4) is 0 Å². The maximum absolute atomic E-state index is 11.1. The second-order valence-electron chi connectivity index (χ2n) is 5.65. The maximum atomic E-state index is 11.1. The van der Waals surface area contributed by atoms with Crippen molar-refractivity contribution in [1.29, 1.82) is 0 Å². The van der Waals surface area contributed by atoms with Crippen LogP contribution in [0, 0.1) is 5.92 Å². The number of amides is 1. The number of ether oxygens (including phenoxy) is 1. The fourth-order valence-electron chi connectivity index (χ4n) is 2.52. The second kappa shape index (κ2) is 7.07. The van der Waals surface area contributed by atoms with E-state index in [0.29, 0.717) is 12.3 Å². The van der Waals surface area contributed by atoms with Gasteiger partial charge in [-0.05, 0) is 51.6 Å². The highest BCUT2D eigenvalue weighted by Gasteiger charge is 2.26. The fraction of sp³-hybridized carbons (Fsp3) is 0.923. The van der Waals surface area contributed by atoms with Crippen LogP contribution in [-0.2, 0) is 9.53 Å². The van der Waals surface area contributed by atoms with Crippen LogP contribution in [0.15, 0.2) is 0 Å². The second-order valence-corrected chi connectivity index (χ2v) is 5.65. The van der Waals surface area contributed by atoms with Gasteiger partial charge in [-0.2, -0.15) is 0 Å². The predicted octanol–water partition coefficient (Wildman–Crippen LogP) is 0.328. The first-order valence-electron chi connectivity index (χ1n) is 6.76. The smallest absolute Gasteiger partial charge is 0.237 e. The van der Waals surface area contributed by atoms with Gasteiger partial charge in [0.25, 0.3) is 0 Å². The molecule has 4 N–H and O–H groups in total. The Labute approximate surface area is 110 Å². The van der Waals surface area contributed by atoms with Crippen LogP contribution in [0.5, 0.6) is 0 Å². The summed E-state index contributed by atoms with van der Waals surface area (Å²) in [5.74, 6) is 0.225. The van der Waals surface area contributed by atoms with Crippen LogP contribution in [-0.4, -0.2) is 49.7 Å². The van der Waals surface area contributed by atoms with Crippen molar-refractivity contribution in [2.45, 2.75) is 38.1 Å². The van der Waals surface area contributed by atoms with E-state index in [4.69, 9.17) is 16.2 Å². The van der Waals surface area contributed by atoms with E-state index in [-0.39, 0.29) is 0 Å². The summed E-state index contributed by atoms with van der Waals surface area (Å²) in [5.41, 5.74) is 10.2. The minimum atomic E-state index is -0.873. The van der Waals surface area contributed by atoms with Crippen molar-refractivity contribution < 1.29 is 9.53 Å². The molecule has 18 heavy (non-hydrogen) atoms. The number of primary amides is 1. The number of carbonyl (C=O) groups is 1. The van der Waals surface area contributed by atoms with E-state index < -0.39 is 11.4 Å². The third-order valence-corrected chi connectivity index (χ3v) is 3.74. The molecule has 5 nitrogen and oxygen atoms in total. The number of likely N-dealkylation sites (tertiary alicyclic amines) is 1. The predicted molar refractivity (Wildman–Crippen MR) is 72.1 cm³/mol. The lowest BCUT2D eigenvalue weighted by Gasteiger charge is -2.33. The number of rotatable bonds is 7. The largest absolute Gasteiger partial charge is 0.384 e. The monoisotopic (exact) mass is 257 g/mol. The summed E-state index contributed by atoms with van der Waals surface area (Å²) < 4.78 is 5.21. The summed E-state index contributed by atoms with van der Waals surface area (Å²) in [6.07, 6.45) is 4.04. The molecule has 5 heteroatoms. The number of nitrogens with two attached hydrogens (primary N) is 2. The molecule has 106 valence electrons. The Morgan fingerprint density at radius 3 is 2.89 bits per heavy atom. The minimum absolute atomic E-state index is 0.418. The number of methoxy groups -OCH3 is 1. The number of carbonyl (C=O) groups excluding carboxylic acids is 1. The summed E-state index contributed by atoms with van der Waals surface area (Å²) in [7, 11) is 1.76. The average molecular weight is 257 g/mol. The normalized spacial score (nSPS) is 24.7. The molecule has 0 radical (unpaired) electrons. The topological polar surface area (TPSA) is 81.6 Å². The zero-order valence-electron chi connectivity index (χ0n) is 11.7. The zero-order chi connectivity index (χ0) is 13.6. The Bertz CT molecular complexity index is 267. The molecule has 1 fully saturated rings. The van der Waals surface area contributed by atoms with Gasteiger partial charge in [-0.3, -0.25) is 4.79 Å². The highest BCUT2D eigenvalue weighted by molar-refractivity contribution is 5.83. The van der Waals surface area contributed by atoms with Crippen LogP contribution in [0.2, 0.25) is 0 Å². The fourth-order valence-corrected chi connectivity index (χ4v) is 2.52. The molecule has 2 atom stereocenters. The maximum Gasteiger partial charge on any atom is 0.237 e. The van der Waals surface area contributed by atoms with Gasteiger partial charge in [-0.15, -0.1) is 0 Å². The zero-order valence-corrected chi connectivity index (χ0v) is 11.7. The SMILES string of the molecule is COCC1CCCN(CCCC(C)(N)C(N)=O)C1. The molecule has 0 bridgehead atoms. The molecule has 0 aromatic heterocycles. The Balaban J connectivity index is 2.25. The molecule has 1 rings (SSSR count). The van der Waals surface area contributed by atoms with E-state index in [2.05, 4.69) is 4.90 Å². The Morgan fingerprint density at radius 2 is 2.28 bits per heavy atom. The van der Waals surface area contributed by atoms with Gasteiger partial charge in [0.15, 0.2) is 0 Å². The number of nitrogens with zero attached hydrogens (tertiary/aromatic N) is 1. The average Bonchev–Trinajstić information content (AvgIpc) is 2.29. The highest BCUT2D eigenvalue weighted by Crippen LogP contribution is 2.18. The van der Waals surface area contributed by atoms with Gasteiger partial charge in [0.05, 0.1) is 12.1 Å². The van der Waals surface area contributed by atoms with Gasteiger partial charge in [0.2, 0.25) is 5.91 Å². The summed E-state index contributed by atoms with van der Waals surface area (Å²) in [4.78, 5) is 13.5. The molecule has 0 aliphatic carbocycles. The van der Waals surface area contributed by atoms with E-state index in [1.807, 2.05) is 0 Å². The summed E-state index contributed by atoms with van der Waals surface area (Å²) in [5, 5.41) is 0. The number of piperidine rings is 1. The summed E-state index contributed by atoms with van der Waals surface area (Å²) >= 11 is 0. The Kier molecular flexibility index (Phi) is 6.05. The lowest BCUT2D eigenvalue weighted by Crippen LogP contribution is -2.49. The molecular weight excluding hydrogens is 230 g/mol. The lowest BCUT2D eigenvalue weighted by molar-refractivity contribution is -0.122. The van der Waals surface area contributed by atoms with Crippen LogP contribution in [0.4, 0.5) is 0 Å². The Morgan fingerprint density at radius 1 is 1.56 bits per heavy atom. The molecule has 1 aliphatic rings. The van der Waals surface area contributed by atoms with Gasteiger partial charge < -0.3 is 21.1 Å². The first kappa shape index (κ1) is 15.4. The molecule has 0 aromatic carbocycles. The molecule has 0 aromatic rings. The third-order valence-electron chi connectivity index (χ3n) is 3.74. The first-order chi connectivity index (χ1) is 8.45. The van der Waals surface area contributed by atoms with E-state index in [1.165, 1.54) is 12.8 Å². The van der Waals surface area contributed by atoms with Crippen LogP contribution in [0.3, 0.4) is 0 Å². The molecule has 2 unspecified atom stereocenters. The van der Waals surface area contributed by atoms with Crippen LogP contribution < -0.4 is 11.5 Å². The summed E-state index contributed by atoms with van der Waals surface area (Å²) in [6.45, 7) is 5.76. The van der Waals surface area contributed by atoms with Crippen molar-refractivity contribution in [1.82, 2.24) is 4.90 Å². The first-order valence-corrected chi connectivity index (χ1v) is 6.76. The van der Waals surface area contributed by atoms with Crippen LogP contribution >= 0.6 is 0 Å². The van der Waals surface area contributed by atoms with E-state index in [1.54, 1.807) is 14.0 Å². The van der Waals surface area contributed by atoms with Crippen LogP contribution in [0.25, 0.3) is 0 Å². The molecule has 1 saturated heterocycles. The van der Waals surface area contributed by atoms with E-state index in [9.17, 15) is 4.79 Å². The summed E-state index contributed by atoms with van der Waals surface area (Å²) in [6, 6.07) is 0. The van der Waals surface area contributed by atoms with Crippen molar-refractivity contribution in [3.63, 3.8) is 0 Å². The third kappa shape index (κ3) is 4.92. The van der Waals surface area contributed by atoms with E-state index >= 15 is 0 Å². The Hall–Kier alpha value is -0.650. The van der Waals surface area contributed by atoms with Crippen molar-refractivity contribution in [3.05, 3.63) is 0 Å². The lowest BCUT2D eigenvalue weighted by atomic mass is 9.95. The van der Waals surface area contributed by atoms with Crippen molar-refractivity contribution >= 4 is 5.91 Å². The highest BCUT2D eigenvalue weighted by atomic mass is 16.5.